The lowest BCUT2D eigenvalue weighted by atomic mass is 10.2. The summed E-state index contributed by atoms with van der Waals surface area (Å²) < 4.78 is 15.2. The highest BCUT2D eigenvalue weighted by Gasteiger charge is 2.19. The summed E-state index contributed by atoms with van der Waals surface area (Å²) in [5.41, 5.74) is -1.27. The van der Waals surface area contributed by atoms with E-state index in [0.29, 0.717) is 0 Å². The molecule has 22 heavy (non-hydrogen) atoms. The first-order valence-electron chi connectivity index (χ1n) is 6.81. The molecule has 0 spiro atoms. The van der Waals surface area contributed by atoms with Crippen molar-refractivity contribution < 1.29 is 23.8 Å². The van der Waals surface area contributed by atoms with E-state index in [-0.39, 0.29) is 11.6 Å². The summed E-state index contributed by atoms with van der Waals surface area (Å²) in [5, 5.41) is 2.46. The normalized spacial score (nSPS) is 11.5. The Labute approximate surface area is 130 Å². The molecular formula is C15H22N2O5. The first-order valence-corrected chi connectivity index (χ1v) is 6.81. The van der Waals surface area contributed by atoms with Crippen LogP contribution < -0.4 is 10.1 Å². The van der Waals surface area contributed by atoms with E-state index in [0.717, 1.165) is 0 Å². The quantitative estimate of drug-likeness (QED) is 0.837. The number of aromatic nitrogens is 1. The summed E-state index contributed by atoms with van der Waals surface area (Å²) in [6.07, 6.45) is -0.0804. The number of anilines is 1. The second kappa shape index (κ2) is 6.64. The van der Waals surface area contributed by atoms with Crippen LogP contribution >= 0.6 is 0 Å². The molecule has 1 amide bonds. The Morgan fingerprint density at radius 2 is 1.64 bits per heavy atom. The number of amides is 1. The highest BCUT2D eigenvalue weighted by molar-refractivity contribution is 5.83. The molecule has 0 radical (unpaired) electrons. The van der Waals surface area contributed by atoms with E-state index in [4.69, 9.17) is 14.2 Å². The van der Waals surface area contributed by atoms with E-state index in [1.807, 2.05) is 0 Å². The number of rotatable bonds is 2. The molecule has 0 saturated carbocycles. The van der Waals surface area contributed by atoms with Crippen molar-refractivity contribution in [3.8, 4) is 5.75 Å². The minimum absolute atomic E-state index is 0.204. The second-order valence-corrected chi connectivity index (χ2v) is 6.57. The standard InChI is InChI=1S/C15H22N2O5/c1-14(2,3)21-12(18)17-11-9-10(7-8-16-11)20-13(19)22-15(4,5)6/h7-9H,1-6H3,(H,16,17,18). The van der Waals surface area contributed by atoms with Crippen LogP contribution in [0.4, 0.5) is 15.4 Å². The fraction of sp³-hybridized carbons (Fsp3) is 0.533. The third kappa shape index (κ3) is 7.47. The van der Waals surface area contributed by atoms with Crippen LogP contribution in [0, 0.1) is 0 Å². The maximum absolute atomic E-state index is 11.6. The van der Waals surface area contributed by atoms with Gasteiger partial charge in [0, 0.05) is 12.3 Å². The monoisotopic (exact) mass is 310 g/mol. The minimum Gasteiger partial charge on any atom is -0.444 e. The molecule has 1 heterocycles. The molecule has 7 heteroatoms. The van der Waals surface area contributed by atoms with Crippen molar-refractivity contribution >= 4 is 18.1 Å². The smallest absolute Gasteiger partial charge is 0.444 e. The van der Waals surface area contributed by atoms with E-state index in [9.17, 15) is 9.59 Å². The number of pyridine rings is 1. The number of nitrogens with zero attached hydrogens (tertiary/aromatic N) is 1. The number of carbonyl (C=O) groups is 2. The van der Waals surface area contributed by atoms with E-state index in [1.54, 1.807) is 41.5 Å². The zero-order valence-corrected chi connectivity index (χ0v) is 13.7. The molecule has 0 saturated heterocycles. The molecule has 0 unspecified atom stereocenters. The zero-order chi connectivity index (χ0) is 17.0. The van der Waals surface area contributed by atoms with Gasteiger partial charge in [-0.05, 0) is 47.6 Å². The van der Waals surface area contributed by atoms with Crippen molar-refractivity contribution in [2.24, 2.45) is 0 Å². The van der Waals surface area contributed by atoms with Crippen molar-refractivity contribution in [1.82, 2.24) is 4.98 Å². The van der Waals surface area contributed by atoms with Gasteiger partial charge in [0.15, 0.2) is 0 Å². The average molecular weight is 310 g/mol. The van der Waals surface area contributed by atoms with Crippen LogP contribution in [0.3, 0.4) is 0 Å². The highest BCUT2D eigenvalue weighted by atomic mass is 16.7. The predicted molar refractivity (Wildman–Crippen MR) is 81.0 cm³/mol. The van der Waals surface area contributed by atoms with Gasteiger partial charge in [-0.1, -0.05) is 0 Å². The zero-order valence-electron chi connectivity index (χ0n) is 13.7. The Hall–Kier alpha value is -2.31. The van der Waals surface area contributed by atoms with Crippen molar-refractivity contribution in [1.29, 1.82) is 0 Å². The van der Waals surface area contributed by atoms with Gasteiger partial charge in [0.05, 0.1) is 0 Å². The number of hydrogen-bond acceptors (Lipinski definition) is 6. The van der Waals surface area contributed by atoms with Gasteiger partial charge in [-0.25, -0.2) is 14.6 Å². The second-order valence-electron chi connectivity index (χ2n) is 6.57. The van der Waals surface area contributed by atoms with E-state index in [2.05, 4.69) is 10.3 Å². The number of hydrogen-bond donors (Lipinski definition) is 1. The van der Waals surface area contributed by atoms with Gasteiger partial charge in [0.2, 0.25) is 0 Å². The molecule has 7 nitrogen and oxygen atoms in total. The fourth-order valence-corrected chi connectivity index (χ4v) is 1.32. The molecule has 122 valence electrons. The molecule has 0 aliphatic rings. The molecule has 0 aliphatic carbocycles. The van der Waals surface area contributed by atoms with Gasteiger partial charge >= 0.3 is 12.2 Å². The molecule has 1 N–H and O–H groups in total. The van der Waals surface area contributed by atoms with Crippen molar-refractivity contribution in [2.45, 2.75) is 52.7 Å². The lowest BCUT2D eigenvalue weighted by Crippen LogP contribution is -2.27. The van der Waals surface area contributed by atoms with Crippen LogP contribution in [0.5, 0.6) is 5.75 Å². The molecule has 0 atom stereocenters. The highest BCUT2D eigenvalue weighted by Crippen LogP contribution is 2.18. The van der Waals surface area contributed by atoms with E-state index >= 15 is 0 Å². The first-order chi connectivity index (χ1) is 9.94. The van der Waals surface area contributed by atoms with E-state index < -0.39 is 23.5 Å². The Balaban J connectivity index is 2.66. The lowest BCUT2D eigenvalue weighted by molar-refractivity contribution is 0.0206. The van der Waals surface area contributed by atoms with Gasteiger partial charge in [-0.3, -0.25) is 5.32 Å². The Kier molecular flexibility index (Phi) is 5.35. The summed E-state index contributed by atoms with van der Waals surface area (Å²) in [4.78, 5) is 27.2. The number of carbonyl (C=O) groups excluding carboxylic acids is 2. The van der Waals surface area contributed by atoms with Crippen molar-refractivity contribution in [3.63, 3.8) is 0 Å². The Morgan fingerprint density at radius 3 is 2.18 bits per heavy atom. The summed E-state index contributed by atoms with van der Waals surface area (Å²) in [6.45, 7) is 10.5. The molecule has 0 aliphatic heterocycles. The van der Waals surface area contributed by atoms with Gasteiger partial charge in [0.1, 0.15) is 22.8 Å². The van der Waals surface area contributed by atoms with Gasteiger partial charge in [0.25, 0.3) is 0 Å². The van der Waals surface area contributed by atoms with Crippen molar-refractivity contribution in [3.05, 3.63) is 18.3 Å². The summed E-state index contributed by atoms with van der Waals surface area (Å²) in [6, 6.07) is 2.87. The summed E-state index contributed by atoms with van der Waals surface area (Å²) >= 11 is 0. The molecule has 1 aromatic heterocycles. The van der Waals surface area contributed by atoms with Crippen LogP contribution in [0.2, 0.25) is 0 Å². The van der Waals surface area contributed by atoms with Gasteiger partial charge in [-0.15, -0.1) is 0 Å². The average Bonchev–Trinajstić information content (AvgIpc) is 2.22. The van der Waals surface area contributed by atoms with Crippen LogP contribution in [-0.2, 0) is 9.47 Å². The molecular weight excluding hydrogens is 288 g/mol. The lowest BCUT2D eigenvalue weighted by Gasteiger charge is -2.20. The van der Waals surface area contributed by atoms with Crippen LogP contribution in [-0.4, -0.2) is 28.4 Å². The SMILES string of the molecule is CC(C)(C)OC(=O)Nc1cc(OC(=O)OC(C)(C)C)ccn1. The topological polar surface area (TPSA) is 86.8 Å². The summed E-state index contributed by atoms with van der Waals surface area (Å²) in [7, 11) is 0. The minimum atomic E-state index is -0.832. The van der Waals surface area contributed by atoms with Gasteiger partial charge in [-0.2, -0.15) is 0 Å². The molecule has 1 aromatic rings. The first kappa shape index (κ1) is 17.7. The Morgan fingerprint density at radius 1 is 1.05 bits per heavy atom. The number of ether oxygens (including phenoxy) is 3. The summed E-state index contributed by atoms with van der Waals surface area (Å²) in [5.74, 6) is 0.408. The van der Waals surface area contributed by atoms with Crippen LogP contribution in [0.15, 0.2) is 18.3 Å². The predicted octanol–water partition coefficient (Wildman–Crippen LogP) is 3.74. The number of nitrogens with one attached hydrogen (secondary N) is 1. The largest absolute Gasteiger partial charge is 0.514 e. The molecule has 0 aromatic carbocycles. The maximum atomic E-state index is 11.6. The van der Waals surface area contributed by atoms with Crippen molar-refractivity contribution in [2.75, 3.05) is 5.32 Å². The maximum Gasteiger partial charge on any atom is 0.514 e. The third-order valence-corrected chi connectivity index (χ3v) is 1.95. The Bertz CT molecular complexity index is 498. The van der Waals surface area contributed by atoms with Crippen LogP contribution in [0.25, 0.3) is 0 Å². The molecule has 1 rings (SSSR count). The molecule has 0 bridgehead atoms. The van der Waals surface area contributed by atoms with E-state index in [1.165, 1.54) is 18.3 Å². The third-order valence-electron chi connectivity index (χ3n) is 1.95. The molecule has 0 fully saturated rings. The van der Waals surface area contributed by atoms with Gasteiger partial charge < -0.3 is 14.2 Å². The van der Waals surface area contributed by atoms with Crippen LogP contribution in [0.1, 0.15) is 41.5 Å². The fourth-order valence-electron chi connectivity index (χ4n) is 1.32.